The van der Waals surface area contributed by atoms with Gasteiger partial charge in [-0.25, -0.2) is 12.2 Å². The molecule has 1 nitrogen and oxygen atoms in total. The van der Waals surface area contributed by atoms with Crippen LogP contribution in [0.25, 0.3) is 22.2 Å². The van der Waals surface area contributed by atoms with E-state index in [4.69, 9.17) is 0 Å². The zero-order chi connectivity index (χ0) is 15.8. The van der Waals surface area contributed by atoms with E-state index in [1.807, 2.05) is 12.2 Å². The molecule has 0 fully saturated rings. The van der Waals surface area contributed by atoms with Gasteiger partial charge in [-0.05, 0) is 23.1 Å². The predicted molar refractivity (Wildman–Crippen MR) is 96.3 cm³/mol. The SMILES string of the molecule is Cc1[c-]c2c3c(n(C)c2cc1)-c1ccccc1C3.[C-]1=CC=CC1.[Zr+2]. The first-order valence-electron chi connectivity index (χ1n) is 8.06. The zero-order valence-electron chi connectivity index (χ0n) is 14.1. The molecule has 1 aromatic heterocycles. The van der Waals surface area contributed by atoms with Crippen molar-refractivity contribution in [3.8, 4) is 11.3 Å². The summed E-state index contributed by atoms with van der Waals surface area (Å²) in [6.45, 7) is 2.11. The van der Waals surface area contributed by atoms with Gasteiger partial charge in [0.25, 0.3) is 0 Å². The quantitative estimate of drug-likeness (QED) is 0.367. The second kappa shape index (κ2) is 7.07. The first-order valence-corrected chi connectivity index (χ1v) is 8.06. The number of rotatable bonds is 0. The Bertz CT molecular complexity index is 934. The van der Waals surface area contributed by atoms with Crippen LogP contribution in [0.4, 0.5) is 0 Å². The third kappa shape index (κ3) is 2.89. The van der Waals surface area contributed by atoms with Crippen molar-refractivity contribution in [2.75, 3.05) is 0 Å². The van der Waals surface area contributed by atoms with Crippen molar-refractivity contribution in [2.45, 2.75) is 19.8 Å². The van der Waals surface area contributed by atoms with Crippen molar-refractivity contribution in [1.29, 1.82) is 0 Å². The van der Waals surface area contributed by atoms with Crippen LogP contribution in [0, 0.1) is 19.1 Å². The minimum absolute atomic E-state index is 0. The van der Waals surface area contributed by atoms with Gasteiger partial charge in [0.2, 0.25) is 0 Å². The first-order chi connectivity index (χ1) is 11.3. The van der Waals surface area contributed by atoms with E-state index in [0.717, 1.165) is 12.8 Å². The molecule has 0 spiro atoms. The van der Waals surface area contributed by atoms with E-state index in [1.165, 1.54) is 38.9 Å². The Kier molecular flexibility index (Phi) is 5.06. The van der Waals surface area contributed by atoms with Gasteiger partial charge in [-0.1, -0.05) is 36.8 Å². The van der Waals surface area contributed by atoms with E-state index in [0.29, 0.717) is 0 Å². The van der Waals surface area contributed by atoms with Gasteiger partial charge in [0.15, 0.2) is 0 Å². The summed E-state index contributed by atoms with van der Waals surface area (Å²) in [6, 6.07) is 16.6. The number of nitrogens with zero attached hydrogens (tertiary/aromatic N) is 1. The van der Waals surface area contributed by atoms with E-state index in [1.54, 1.807) is 0 Å². The third-order valence-corrected chi connectivity index (χ3v) is 4.58. The van der Waals surface area contributed by atoms with Crippen LogP contribution in [0.1, 0.15) is 23.1 Å². The molecule has 0 bridgehead atoms. The number of benzene rings is 2. The summed E-state index contributed by atoms with van der Waals surface area (Å²) in [5, 5.41) is 1.30. The zero-order valence-corrected chi connectivity index (χ0v) is 16.5. The topological polar surface area (TPSA) is 4.93 Å². The van der Waals surface area contributed by atoms with Crippen LogP contribution >= 0.6 is 0 Å². The Morgan fingerprint density at radius 2 is 1.92 bits per heavy atom. The third-order valence-electron chi connectivity index (χ3n) is 4.58. The maximum Gasteiger partial charge on any atom is 2.00 e. The number of allylic oxidation sites excluding steroid dienone is 4. The fourth-order valence-electron chi connectivity index (χ4n) is 3.49. The molecule has 0 saturated heterocycles. The van der Waals surface area contributed by atoms with E-state index >= 15 is 0 Å². The molecule has 0 saturated carbocycles. The molecule has 116 valence electrons. The Balaban J connectivity index is 0.000000245. The van der Waals surface area contributed by atoms with Gasteiger partial charge in [0.05, 0.1) is 0 Å². The molecule has 5 rings (SSSR count). The minimum Gasteiger partial charge on any atom is -0.391 e. The summed E-state index contributed by atoms with van der Waals surface area (Å²) in [7, 11) is 2.16. The van der Waals surface area contributed by atoms with Gasteiger partial charge < -0.3 is 4.57 Å². The molecule has 0 amide bonds. The fourth-order valence-corrected chi connectivity index (χ4v) is 3.49. The summed E-state index contributed by atoms with van der Waals surface area (Å²) >= 11 is 0. The second-order valence-electron chi connectivity index (χ2n) is 6.12. The van der Waals surface area contributed by atoms with Crippen molar-refractivity contribution in [2.24, 2.45) is 7.05 Å². The summed E-state index contributed by atoms with van der Waals surface area (Å²) in [5.74, 6) is 0. The molecule has 2 aromatic carbocycles. The van der Waals surface area contributed by atoms with Crippen LogP contribution in [-0.2, 0) is 39.7 Å². The molecular formula is C22H19NZr. The van der Waals surface area contributed by atoms with Crippen molar-refractivity contribution >= 4 is 10.9 Å². The second-order valence-corrected chi connectivity index (χ2v) is 6.12. The number of aryl methyl sites for hydroxylation is 2. The molecule has 1 heterocycles. The average Bonchev–Trinajstić information content (AvgIpc) is 3.28. The summed E-state index contributed by atoms with van der Waals surface area (Å²) in [6.07, 6.45) is 11.0. The monoisotopic (exact) mass is 387 g/mol. The van der Waals surface area contributed by atoms with E-state index in [-0.39, 0.29) is 26.2 Å². The Hall–Kier alpha value is -1.66. The molecule has 2 aliphatic rings. The standard InChI is InChI=1S/C17H14N.C5H5.Zr/c1-11-7-8-16-14(9-11)15-10-12-5-3-4-6-13(12)17(15)18(16)2;1-2-4-5-3-1;/h3-8H,10H2,1-2H3;1-3H,4H2;/q2*-1;+2. The fraction of sp³-hybridized carbons (Fsp3) is 0.182. The average molecular weight is 389 g/mol. The molecule has 2 aliphatic carbocycles. The van der Waals surface area contributed by atoms with Gasteiger partial charge in [0.1, 0.15) is 0 Å². The van der Waals surface area contributed by atoms with Crippen LogP contribution < -0.4 is 0 Å². The molecule has 24 heavy (non-hydrogen) atoms. The van der Waals surface area contributed by atoms with Gasteiger partial charge >= 0.3 is 26.2 Å². The van der Waals surface area contributed by atoms with Gasteiger partial charge in [-0.2, -0.15) is 6.08 Å². The molecule has 0 radical (unpaired) electrons. The van der Waals surface area contributed by atoms with Gasteiger partial charge in [0, 0.05) is 12.7 Å². The first kappa shape index (κ1) is 17.2. The summed E-state index contributed by atoms with van der Waals surface area (Å²) in [4.78, 5) is 0. The number of aromatic nitrogens is 1. The summed E-state index contributed by atoms with van der Waals surface area (Å²) < 4.78 is 2.31. The van der Waals surface area contributed by atoms with Gasteiger partial charge in [-0.3, -0.25) is 6.08 Å². The van der Waals surface area contributed by atoms with Crippen molar-refractivity contribution in [3.63, 3.8) is 0 Å². The molecule has 3 aromatic rings. The van der Waals surface area contributed by atoms with Gasteiger partial charge in [-0.15, -0.1) is 35.6 Å². The number of hydrogen-bond acceptors (Lipinski definition) is 0. The van der Waals surface area contributed by atoms with Crippen molar-refractivity contribution in [1.82, 2.24) is 4.57 Å². The minimum atomic E-state index is 0. The number of hydrogen-bond donors (Lipinski definition) is 0. The van der Waals surface area contributed by atoms with E-state index < -0.39 is 0 Å². The van der Waals surface area contributed by atoms with Crippen molar-refractivity contribution in [3.05, 3.63) is 83.5 Å². The smallest absolute Gasteiger partial charge is 0.391 e. The molecular weight excluding hydrogens is 369 g/mol. The van der Waals surface area contributed by atoms with Crippen LogP contribution in [-0.4, -0.2) is 4.57 Å². The molecule has 2 heteroatoms. The Morgan fingerprint density at radius 3 is 2.62 bits per heavy atom. The maximum absolute atomic E-state index is 3.52. The number of fused-ring (bicyclic) bond motifs is 5. The Morgan fingerprint density at radius 1 is 1.08 bits per heavy atom. The van der Waals surface area contributed by atoms with E-state index in [2.05, 4.69) is 73.2 Å². The largest absolute Gasteiger partial charge is 2.00 e. The van der Waals surface area contributed by atoms with Crippen LogP contribution in [0.3, 0.4) is 0 Å². The molecule has 0 atom stereocenters. The van der Waals surface area contributed by atoms with Crippen molar-refractivity contribution < 1.29 is 26.2 Å². The van der Waals surface area contributed by atoms with Crippen LogP contribution in [0.15, 0.2) is 54.6 Å². The summed E-state index contributed by atoms with van der Waals surface area (Å²) in [5.41, 5.74) is 8.15. The Labute approximate surface area is 162 Å². The molecule has 0 aliphatic heterocycles. The van der Waals surface area contributed by atoms with E-state index in [9.17, 15) is 0 Å². The van der Waals surface area contributed by atoms with Crippen LogP contribution in [0.5, 0.6) is 0 Å². The normalized spacial score (nSPS) is 13.2. The molecule has 0 unspecified atom stereocenters. The maximum atomic E-state index is 3.52. The molecule has 0 N–H and O–H groups in total. The van der Waals surface area contributed by atoms with Crippen LogP contribution in [0.2, 0.25) is 0 Å². The predicted octanol–water partition coefficient (Wildman–Crippen LogP) is 5.16.